The van der Waals surface area contributed by atoms with Gasteiger partial charge in [-0.15, -0.1) is 12.4 Å². The van der Waals surface area contributed by atoms with Gasteiger partial charge in [-0.1, -0.05) is 24.3 Å². The molecule has 1 fully saturated rings. The first kappa shape index (κ1) is 21.0. The molecule has 1 amide bonds. The Hall–Kier alpha value is -2.70. The van der Waals surface area contributed by atoms with E-state index in [-0.39, 0.29) is 30.2 Å². The van der Waals surface area contributed by atoms with Crippen LogP contribution in [0.2, 0.25) is 0 Å². The summed E-state index contributed by atoms with van der Waals surface area (Å²) in [5.74, 6) is 0.0924. The van der Waals surface area contributed by atoms with Crippen molar-refractivity contribution >= 4 is 18.3 Å². The van der Waals surface area contributed by atoms with Crippen LogP contribution in [0.15, 0.2) is 59.1 Å². The van der Waals surface area contributed by atoms with E-state index in [0.29, 0.717) is 34.4 Å². The minimum atomic E-state index is -0.378. The number of rotatable bonds is 4. The van der Waals surface area contributed by atoms with Crippen LogP contribution in [0.3, 0.4) is 0 Å². The molecule has 4 rings (SSSR count). The highest BCUT2D eigenvalue weighted by atomic mass is 35.5. The van der Waals surface area contributed by atoms with Crippen molar-refractivity contribution in [3.05, 3.63) is 66.1 Å². The number of benzene rings is 2. The molecule has 152 valence electrons. The monoisotopic (exact) mass is 415 g/mol. The van der Waals surface area contributed by atoms with Crippen molar-refractivity contribution in [2.24, 2.45) is 0 Å². The summed E-state index contributed by atoms with van der Waals surface area (Å²) in [7, 11) is 0. The van der Waals surface area contributed by atoms with Crippen LogP contribution >= 0.6 is 12.4 Å². The minimum absolute atomic E-state index is 0. The highest BCUT2D eigenvalue weighted by Gasteiger charge is 2.23. The molecule has 7 heteroatoms. The molecule has 5 nitrogen and oxygen atoms in total. The van der Waals surface area contributed by atoms with Gasteiger partial charge < -0.3 is 15.1 Å². The maximum Gasteiger partial charge on any atom is 0.252 e. The van der Waals surface area contributed by atoms with Gasteiger partial charge in [0.05, 0.1) is 17.3 Å². The fraction of sp³-hybridized carbons (Fsp3) is 0.273. The summed E-state index contributed by atoms with van der Waals surface area (Å²) in [6.07, 6.45) is 3.27. The fourth-order valence-electron chi connectivity index (χ4n) is 3.58. The predicted octanol–water partition coefficient (Wildman–Crippen LogP) is 4.44. The average Bonchev–Trinajstić information content (AvgIpc) is 3.18. The number of halogens is 2. The van der Waals surface area contributed by atoms with Crippen molar-refractivity contribution in [2.45, 2.75) is 31.8 Å². The summed E-state index contributed by atoms with van der Waals surface area (Å²) >= 11 is 0. The van der Waals surface area contributed by atoms with E-state index in [4.69, 9.17) is 4.42 Å². The van der Waals surface area contributed by atoms with Crippen molar-refractivity contribution in [1.82, 2.24) is 15.6 Å². The van der Waals surface area contributed by atoms with Gasteiger partial charge in [-0.2, -0.15) is 0 Å². The quantitative estimate of drug-likeness (QED) is 0.661. The zero-order valence-corrected chi connectivity index (χ0v) is 16.8. The van der Waals surface area contributed by atoms with Crippen LogP contribution in [0, 0.1) is 5.82 Å². The molecule has 0 bridgehead atoms. The third-order valence-electron chi connectivity index (χ3n) is 5.01. The Morgan fingerprint density at radius 1 is 1.17 bits per heavy atom. The standard InChI is InChI=1S/C22H22FN3O2.ClH/c1-14-12-15(10-11-24-14)26-21(27)16-6-2-3-7-17(16)22-25-13-20(28-22)18-8-4-5-9-19(18)23;/h2-9,13-15,24H,10-12H2,1H3,(H,26,27);1H. The van der Waals surface area contributed by atoms with Gasteiger partial charge in [0.2, 0.25) is 5.89 Å². The number of aromatic nitrogens is 1. The molecule has 2 atom stereocenters. The second-order valence-corrected chi connectivity index (χ2v) is 7.11. The van der Waals surface area contributed by atoms with Crippen LogP contribution in [-0.4, -0.2) is 29.5 Å². The second kappa shape index (κ2) is 9.20. The molecule has 29 heavy (non-hydrogen) atoms. The van der Waals surface area contributed by atoms with E-state index in [1.807, 2.05) is 12.1 Å². The summed E-state index contributed by atoms with van der Waals surface area (Å²) in [6.45, 7) is 3.00. The molecule has 1 saturated heterocycles. The summed E-state index contributed by atoms with van der Waals surface area (Å²) in [5, 5.41) is 6.49. The third-order valence-corrected chi connectivity index (χ3v) is 5.01. The number of piperidine rings is 1. The molecule has 2 unspecified atom stereocenters. The van der Waals surface area contributed by atoms with Crippen molar-refractivity contribution in [3.8, 4) is 22.8 Å². The molecule has 2 N–H and O–H groups in total. The third kappa shape index (κ3) is 4.66. The van der Waals surface area contributed by atoms with Crippen LogP contribution in [-0.2, 0) is 0 Å². The Balaban J connectivity index is 0.00000240. The molecule has 2 aromatic carbocycles. The summed E-state index contributed by atoms with van der Waals surface area (Å²) in [5.41, 5.74) is 1.42. The molecule has 0 saturated carbocycles. The number of hydrogen-bond acceptors (Lipinski definition) is 4. The first-order chi connectivity index (χ1) is 13.6. The number of nitrogens with one attached hydrogen (secondary N) is 2. The van der Waals surface area contributed by atoms with E-state index >= 15 is 0 Å². The first-order valence-electron chi connectivity index (χ1n) is 9.46. The Bertz CT molecular complexity index is 991. The zero-order valence-electron chi connectivity index (χ0n) is 16.0. The van der Waals surface area contributed by atoms with Gasteiger partial charge in [0, 0.05) is 17.6 Å². The zero-order chi connectivity index (χ0) is 19.5. The highest BCUT2D eigenvalue weighted by Crippen LogP contribution is 2.29. The van der Waals surface area contributed by atoms with E-state index in [9.17, 15) is 9.18 Å². The molecule has 0 radical (unpaired) electrons. The number of amides is 1. The number of carbonyl (C=O) groups excluding carboxylic acids is 1. The Kier molecular flexibility index (Phi) is 6.67. The molecular weight excluding hydrogens is 393 g/mol. The Labute approximate surface area is 175 Å². The summed E-state index contributed by atoms with van der Waals surface area (Å²) < 4.78 is 19.8. The van der Waals surface area contributed by atoms with E-state index in [1.165, 1.54) is 12.3 Å². The predicted molar refractivity (Wildman–Crippen MR) is 113 cm³/mol. The van der Waals surface area contributed by atoms with Crippen molar-refractivity contribution in [3.63, 3.8) is 0 Å². The topological polar surface area (TPSA) is 67.2 Å². The van der Waals surface area contributed by atoms with E-state index in [2.05, 4.69) is 22.5 Å². The number of oxazole rings is 1. The molecular formula is C22H23ClFN3O2. The molecule has 0 aliphatic carbocycles. The van der Waals surface area contributed by atoms with Gasteiger partial charge in [0.1, 0.15) is 5.82 Å². The number of hydrogen-bond donors (Lipinski definition) is 2. The summed E-state index contributed by atoms with van der Waals surface area (Å²) in [6, 6.07) is 14.1. The van der Waals surface area contributed by atoms with Crippen LogP contribution < -0.4 is 10.6 Å². The van der Waals surface area contributed by atoms with Gasteiger partial charge in [-0.3, -0.25) is 4.79 Å². The van der Waals surface area contributed by atoms with Crippen molar-refractivity contribution < 1.29 is 13.6 Å². The van der Waals surface area contributed by atoms with E-state index in [0.717, 1.165) is 19.4 Å². The smallest absolute Gasteiger partial charge is 0.252 e. The summed E-state index contributed by atoms with van der Waals surface area (Å²) in [4.78, 5) is 17.2. The lowest BCUT2D eigenvalue weighted by molar-refractivity contribution is 0.0926. The maximum atomic E-state index is 14.0. The lowest BCUT2D eigenvalue weighted by Gasteiger charge is -2.28. The van der Waals surface area contributed by atoms with Crippen LogP contribution in [0.1, 0.15) is 30.1 Å². The number of nitrogens with zero attached hydrogens (tertiary/aromatic N) is 1. The van der Waals surface area contributed by atoms with Gasteiger partial charge in [0.25, 0.3) is 5.91 Å². The van der Waals surface area contributed by atoms with Crippen molar-refractivity contribution in [2.75, 3.05) is 6.54 Å². The molecule has 3 aromatic rings. The SMILES string of the molecule is CC1CC(NC(=O)c2ccccc2-c2ncc(-c3ccccc3F)o2)CCN1.Cl. The van der Waals surface area contributed by atoms with Gasteiger partial charge >= 0.3 is 0 Å². The Morgan fingerprint density at radius 2 is 1.90 bits per heavy atom. The highest BCUT2D eigenvalue weighted by molar-refractivity contribution is 6.00. The molecule has 1 aromatic heterocycles. The van der Waals surface area contributed by atoms with E-state index in [1.54, 1.807) is 30.3 Å². The molecule has 1 aliphatic heterocycles. The minimum Gasteiger partial charge on any atom is -0.436 e. The lowest BCUT2D eigenvalue weighted by atomic mass is 9.99. The van der Waals surface area contributed by atoms with Crippen LogP contribution in [0.4, 0.5) is 4.39 Å². The van der Waals surface area contributed by atoms with Gasteiger partial charge in [-0.25, -0.2) is 9.37 Å². The van der Waals surface area contributed by atoms with Crippen LogP contribution in [0.5, 0.6) is 0 Å². The first-order valence-corrected chi connectivity index (χ1v) is 9.46. The number of carbonyl (C=O) groups is 1. The molecule has 2 heterocycles. The van der Waals surface area contributed by atoms with Gasteiger partial charge in [-0.05, 0) is 50.6 Å². The van der Waals surface area contributed by atoms with Crippen molar-refractivity contribution in [1.29, 1.82) is 0 Å². The largest absolute Gasteiger partial charge is 0.436 e. The maximum absolute atomic E-state index is 14.0. The Morgan fingerprint density at radius 3 is 2.66 bits per heavy atom. The fourth-order valence-corrected chi connectivity index (χ4v) is 3.58. The molecule has 0 spiro atoms. The lowest BCUT2D eigenvalue weighted by Crippen LogP contribution is -2.46. The molecule has 1 aliphatic rings. The second-order valence-electron chi connectivity index (χ2n) is 7.11. The van der Waals surface area contributed by atoms with Gasteiger partial charge in [0.15, 0.2) is 5.76 Å². The normalized spacial score (nSPS) is 18.7. The average molecular weight is 416 g/mol. The van der Waals surface area contributed by atoms with E-state index < -0.39 is 0 Å². The van der Waals surface area contributed by atoms with Crippen LogP contribution in [0.25, 0.3) is 22.8 Å².